The predicted molar refractivity (Wildman–Crippen MR) is 52.1 cm³/mol. The minimum absolute atomic E-state index is 0.226. The van der Waals surface area contributed by atoms with E-state index in [0.29, 0.717) is 12.5 Å². The molecule has 1 aromatic rings. The van der Waals surface area contributed by atoms with Crippen LogP contribution in [0.3, 0.4) is 0 Å². The molecule has 0 amide bonds. The first-order valence-corrected chi connectivity index (χ1v) is 4.69. The number of aliphatic carboxylic acids is 1. The third kappa shape index (κ3) is 2.76. The highest BCUT2D eigenvalue weighted by Gasteiger charge is 2.57. The number of nitrogens with one attached hydrogen (secondary N) is 1. The molecule has 1 aromatic heterocycles. The third-order valence-corrected chi connectivity index (χ3v) is 2.40. The lowest BCUT2D eigenvalue weighted by molar-refractivity contribution is -0.206. The zero-order valence-corrected chi connectivity index (χ0v) is 9.25. The van der Waals surface area contributed by atoms with E-state index in [4.69, 9.17) is 5.11 Å². The van der Waals surface area contributed by atoms with Gasteiger partial charge in [-0.15, -0.1) is 0 Å². The van der Waals surface area contributed by atoms with E-state index < -0.39 is 17.7 Å². The predicted octanol–water partition coefficient (Wildman–Crippen LogP) is 0.915. The molecule has 1 rings (SSSR count). The van der Waals surface area contributed by atoms with E-state index >= 15 is 0 Å². The summed E-state index contributed by atoms with van der Waals surface area (Å²) < 4.78 is 39.2. The highest BCUT2D eigenvalue weighted by molar-refractivity contribution is 5.79. The zero-order valence-electron chi connectivity index (χ0n) is 9.25. The summed E-state index contributed by atoms with van der Waals surface area (Å²) in [6.45, 7) is 0.363. The number of carboxylic acids is 1. The normalized spacial score (nSPS) is 15.6. The van der Waals surface area contributed by atoms with Crippen LogP contribution in [0.25, 0.3) is 0 Å². The van der Waals surface area contributed by atoms with Gasteiger partial charge in [0.25, 0.3) is 0 Å². The Bertz CT molecular complexity index is 416. The van der Waals surface area contributed by atoms with Crippen LogP contribution in [0.2, 0.25) is 0 Å². The van der Waals surface area contributed by atoms with Crippen molar-refractivity contribution >= 4 is 5.97 Å². The Balaban J connectivity index is 2.79. The van der Waals surface area contributed by atoms with Crippen LogP contribution in [-0.2, 0) is 18.4 Å². The van der Waals surface area contributed by atoms with Gasteiger partial charge in [0.2, 0.25) is 5.54 Å². The monoisotopic (exact) mass is 251 g/mol. The van der Waals surface area contributed by atoms with E-state index in [0.717, 1.165) is 0 Å². The Hall–Kier alpha value is -1.57. The Morgan fingerprint density at radius 3 is 2.53 bits per heavy atom. The standard InChI is InChI=1S/C9H12F3N3O2/c1-8(7(16)17,9(10,11)12)13-3-6-4-14-15(2)5-6/h4-5,13H,3H2,1-2H3,(H,16,17). The highest BCUT2D eigenvalue weighted by Crippen LogP contribution is 2.30. The Labute approximate surface area is 95.2 Å². The molecule has 17 heavy (non-hydrogen) atoms. The van der Waals surface area contributed by atoms with Gasteiger partial charge < -0.3 is 5.11 Å². The maximum absolute atomic E-state index is 12.6. The topological polar surface area (TPSA) is 67.2 Å². The summed E-state index contributed by atoms with van der Waals surface area (Å²) in [4.78, 5) is 10.7. The number of hydrogen-bond donors (Lipinski definition) is 2. The van der Waals surface area contributed by atoms with Gasteiger partial charge in [-0.1, -0.05) is 0 Å². The van der Waals surface area contributed by atoms with Crippen LogP contribution in [0, 0.1) is 0 Å². The summed E-state index contributed by atoms with van der Waals surface area (Å²) >= 11 is 0. The van der Waals surface area contributed by atoms with Gasteiger partial charge in [0.1, 0.15) is 0 Å². The number of carboxylic acid groups (broad SMARTS) is 1. The lowest BCUT2D eigenvalue weighted by Crippen LogP contribution is -2.59. The number of nitrogens with zero attached hydrogens (tertiary/aromatic N) is 2. The molecule has 0 spiro atoms. The van der Waals surface area contributed by atoms with Gasteiger partial charge in [-0.05, 0) is 6.92 Å². The molecule has 5 nitrogen and oxygen atoms in total. The van der Waals surface area contributed by atoms with Crippen molar-refractivity contribution in [1.82, 2.24) is 15.1 Å². The number of halogens is 3. The molecule has 0 aromatic carbocycles. The molecule has 0 saturated carbocycles. The first kappa shape index (κ1) is 13.5. The molecule has 1 heterocycles. The average molecular weight is 251 g/mol. The fraction of sp³-hybridized carbons (Fsp3) is 0.556. The number of aromatic nitrogens is 2. The molecule has 2 N–H and O–H groups in total. The van der Waals surface area contributed by atoms with E-state index in [2.05, 4.69) is 5.10 Å². The molecule has 0 aliphatic rings. The molecule has 0 aliphatic heterocycles. The third-order valence-electron chi connectivity index (χ3n) is 2.40. The molecule has 8 heteroatoms. The molecular weight excluding hydrogens is 239 g/mol. The minimum Gasteiger partial charge on any atom is -0.480 e. The summed E-state index contributed by atoms with van der Waals surface area (Å²) in [7, 11) is 1.61. The summed E-state index contributed by atoms with van der Waals surface area (Å²) in [6.07, 6.45) is -2.00. The number of alkyl halides is 3. The second kappa shape index (κ2) is 4.36. The van der Waals surface area contributed by atoms with Crippen LogP contribution < -0.4 is 5.32 Å². The SMILES string of the molecule is Cn1cc(CNC(C)(C(=O)O)C(F)(F)F)cn1. The second-order valence-corrected chi connectivity index (χ2v) is 3.80. The molecule has 0 saturated heterocycles. The van der Waals surface area contributed by atoms with Crippen molar-refractivity contribution in [2.75, 3.05) is 0 Å². The summed E-state index contributed by atoms with van der Waals surface area (Å²) in [5.41, 5.74) is -2.49. The van der Waals surface area contributed by atoms with Gasteiger partial charge in [0, 0.05) is 25.4 Å². The number of hydrogen-bond acceptors (Lipinski definition) is 3. The van der Waals surface area contributed by atoms with Crippen LogP contribution in [0.4, 0.5) is 13.2 Å². The Kier molecular flexibility index (Phi) is 3.46. The molecule has 0 aliphatic carbocycles. The van der Waals surface area contributed by atoms with E-state index in [1.807, 2.05) is 5.32 Å². The number of aryl methyl sites for hydroxylation is 1. The molecule has 0 radical (unpaired) electrons. The summed E-state index contributed by atoms with van der Waals surface area (Å²) in [6, 6.07) is 0. The van der Waals surface area contributed by atoms with Gasteiger partial charge in [0.05, 0.1) is 6.20 Å². The second-order valence-electron chi connectivity index (χ2n) is 3.80. The van der Waals surface area contributed by atoms with Gasteiger partial charge >= 0.3 is 12.1 Å². The van der Waals surface area contributed by atoms with E-state index in [1.165, 1.54) is 17.1 Å². The van der Waals surface area contributed by atoms with Crippen molar-refractivity contribution < 1.29 is 23.1 Å². The van der Waals surface area contributed by atoms with Crippen LogP contribution in [0.5, 0.6) is 0 Å². The van der Waals surface area contributed by atoms with Crippen molar-refractivity contribution in [3.8, 4) is 0 Å². The van der Waals surface area contributed by atoms with Crippen LogP contribution in [0.1, 0.15) is 12.5 Å². The van der Waals surface area contributed by atoms with E-state index in [1.54, 1.807) is 7.05 Å². The lowest BCUT2D eigenvalue weighted by Gasteiger charge is -2.28. The maximum atomic E-state index is 12.6. The fourth-order valence-corrected chi connectivity index (χ4v) is 1.14. The van der Waals surface area contributed by atoms with Crippen molar-refractivity contribution in [2.24, 2.45) is 7.05 Å². The number of rotatable bonds is 4. The Morgan fingerprint density at radius 2 is 2.18 bits per heavy atom. The van der Waals surface area contributed by atoms with Gasteiger partial charge in [-0.3, -0.25) is 10.00 Å². The zero-order chi connectivity index (χ0) is 13.3. The number of carbonyl (C=O) groups is 1. The maximum Gasteiger partial charge on any atom is 0.417 e. The first-order valence-electron chi connectivity index (χ1n) is 4.69. The molecule has 96 valence electrons. The quantitative estimate of drug-likeness (QED) is 0.834. The molecule has 0 bridgehead atoms. The summed E-state index contributed by atoms with van der Waals surface area (Å²) in [5.74, 6) is -1.96. The largest absolute Gasteiger partial charge is 0.480 e. The van der Waals surface area contributed by atoms with Crippen molar-refractivity contribution in [1.29, 1.82) is 0 Å². The van der Waals surface area contributed by atoms with Crippen molar-refractivity contribution in [3.63, 3.8) is 0 Å². The van der Waals surface area contributed by atoms with Gasteiger partial charge in [-0.25, -0.2) is 4.79 Å². The highest BCUT2D eigenvalue weighted by atomic mass is 19.4. The fourth-order valence-electron chi connectivity index (χ4n) is 1.14. The molecule has 1 unspecified atom stereocenters. The molecule has 0 fully saturated rings. The first-order chi connectivity index (χ1) is 7.67. The summed E-state index contributed by atoms with van der Waals surface area (Å²) in [5, 5.41) is 14.4. The average Bonchev–Trinajstić information content (AvgIpc) is 2.58. The molecule has 1 atom stereocenters. The molecular formula is C9H12F3N3O2. The van der Waals surface area contributed by atoms with Crippen molar-refractivity contribution in [2.45, 2.75) is 25.2 Å². The van der Waals surface area contributed by atoms with E-state index in [9.17, 15) is 18.0 Å². The van der Waals surface area contributed by atoms with Crippen molar-refractivity contribution in [3.05, 3.63) is 18.0 Å². The minimum atomic E-state index is -4.87. The smallest absolute Gasteiger partial charge is 0.417 e. The van der Waals surface area contributed by atoms with Gasteiger partial charge in [0.15, 0.2) is 0 Å². The Morgan fingerprint density at radius 1 is 1.59 bits per heavy atom. The van der Waals surface area contributed by atoms with Crippen LogP contribution in [0.15, 0.2) is 12.4 Å². The van der Waals surface area contributed by atoms with E-state index in [-0.39, 0.29) is 6.54 Å². The van der Waals surface area contributed by atoms with Gasteiger partial charge in [-0.2, -0.15) is 18.3 Å². The van der Waals surface area contributed by atoms with Crippen LogP contribution in [-0.4, -0.2) is 32.6 Å². The van der Waals surface area contributed by atoms with Crippen LogP contribution >= 0.6 is 0 Å². The lowest BCUT2D eigenvalue weighted by atomic mass is 10.0.